The molecule has 2 heterocycles. The first kappa shape index (κ1) is 26.1. The zero-order valence-corrected chi connectivity index (χ0v) is 21.5. The van der Waals surface area contributed by atoms with Crippen LogP contribution in [0, 0.1) is 11.7 Å². The van der Waals surface area contributed by atoms with E-state index in [0.717, 1.165) is 45.4 Å². The van der Waals surface area contributed by atoms with E-state index in [1.54, 1.807) is 12.1 Å². The van der Waals surface area contributed by atoms with Crippen molar-refractivity contribution in [2.24, 2.45) is 5.92 Å². The molecule has 37 heavy (non-hydrogen) atoms. The summed E-state index contributed by atoms with van der Waals surface area (Å²) >= 11 is 0. The number of benzene rings is 3. The summed E-state index contributed by atoms with van der Waals surface area (Å²) in [6, 6.07) is 20.8. The van der Waals surface area contributed by atoms with Gasteiger partial charge in [0.15, 0.2) is 5.95 Å². The summed E-state index contributed by atoms with van der Waals surface area (Å²) in [5.41, 5.74) is 13.4. The number of hydrogen-bond acceptors (Lipinski definition) is 5. The van der Waals surface area contributed by atoms with Crippen LogP contribution in [0.25, 0.3) is 44.7 Å². The highest BCUT2D eigenvalue weighted by molar-refractivity contribution is 7.85. The molecule has 0 aliphatic rings. The second kappa shape index (κ2) is 10.5. The Labute approximate surface area is 214 Å². The van der Waals surface area contributed by atoms with Crippen molar-refractivity contribution in [2.75, 3.05) is 12.0 Å². The Morgan fingerprint density at radius 2 is 1.68 bits per heavy atom. The van der Waals surface area contributed by atoms with Crippen molar-refractivity contribution in [3.63, 3.8) is 0 Å². The summed E-state index contributed by atoms with van der Waals surface area (Å²) < 4.78 is 40.7. The molecule has 0 unspecified atom stereocenters. The molecule has 0 atom stereocenters. The molecule has 0 bridgehead atoms. The molecule has 5 N–H and O–H groups in total. The molecule has 0 fully saturated rings. The number of aromatic amines is 2. The van der Waals surface area contributed by atoms with Gasteiger partial charge in [-0.2, -0.15) is 13.5 Å². The zero-order chi connectivity index (χ0) is 26.7. The Kier molecular flexibility index (Phi) is 7.42. The van der Waals surface area contributed by atoms with Crippen molar-refractivity contribution in [3.8, 4) is 33.6 Å². The average molecular weight is 522 g/mol. The smallest absolute Gasteiger partial charge is 0.261 e. The Morgan fingerprint density at radius 3 is 2.32 bits per heavy atom. The molecule has 192 valence electrons. The van der Waals surface area contributed by atoms with E-state index in [0.29, 0.717) is 29.4 Å². The monoisotopic (exact) mass is 521 g/mol. The molecule has 2 aromatic heterocycles. The van der Waals surface area contributed by atoms with E-state index in [2.05, 4.69) is 40.1 Å². The van der Waals surface area contributed by atoms with Crippen LogP contribution in [0.5, 0.6) is 0 Å². The van der Waals surface area contributed by atoms with Crippen LogP contribution in [0.3, 0.4) is 0 Å². The maximum absolute atomic E-state index is 14.8. The summed E-state index contributed by atoms with van der Waals surface area (Å²) in [4.78, 5) is 7.67. The molecule has 0 aliphatic heterocycles. The molecule has 0 aliphatic carbocycles. The fourth-order valence-electron chi connectivity index (χ4n) is 4.23. The number of nitrogens with two attached hydrogens (primary N) is 1. The first-order valence-corrected chi connectivity index (χ1v) is 13.5. The predicted molar refractivity (Wildman–Crippen MR) is 145 cm³/mol. The SMILES string of the molecule is CC(C)Cc1cc(-c2c(-c3ccccc3)n[nH]c2-c2ccccc2F)cc2[nH]c(N)nc12.CS(=O)(=O)O. The number of anilines is 1. The van der Waals surface area contributed by atoms with Crippen LogP contribution >= 0.6 is 0 Å². The number of nitrogens with zero attached hydrogens (tertiary/aromatic N) is 2. The third-order valence-corrected chi connectivity index (χ3v) is 5.56. The minimum atomic E-state index is -3.67. The van der Waals surface area contributed by atoms with Gasteiger partial charge in [0.2, 0.25) is 0 Å². The highest BCUT2D eigenvalue weighted by Gasteiger charge is 2.22. The molecule has 3 aromatic carbocycles. The maximum Gasteiger partial charge on any atom is 0.261 e. The van der Waals surface area contributed by atoms with E-state index in [4.69, 9.17) is 10.3 Å². The topological polar surface area (TPSA) is 138 Å². The van der Waals surface area contributed by atoms with E-state index in [-0.39, 0.29) is 5.82 Å². The molecule has 0 saturated heterocycles. The zero-order valence-electron chi connectivity index (χ0n) is 20.7. The number of imidazole rings is 1. The van der Waals surface area contributed by atoms with Gasteiger partial charge in [0.25, 0.3) is 10.1 Å². The summed E-state index contributed by atoms with van der Waals surface area (Å²) in [7, 11) is -3.67. The largest absolute Gasteiger partial charge is 0.369 e. The number of nitrogen functional groups attached to an aromatic ring is 1. The standard InChI is InChI=1S/C26H24FN5.CH4O3S/c1-15(2)12-18-13-17(14-21-23(18)30-26(28)29-21)22-24(16-8-4-3-5-9-16)31-32-25(22)19-10-6-7-11-20(19)27;1-5(2,3)4/h3-11,13-15H,12H2,1-2H3,(H,31,32)(H3,28,29,30);1H3,(H,2,3,4). The number of fused-ring (bicyclic) bond motifs is 1. The fraction of sp³-hybridized carbons (Fsp3) is 0.185. The van der Waals surface area contributed by atoms with Crippen molar-refractivity contribution in [2.45, 2.75) is 20.3 Å². The van der Waals surface area contributed by atoms with E-state index in [1.807, 2.05) is 42.5 Å². The molecular weight excluding hydrogens is 493 g/mol. The average Bonchev–Trinajstić information content (AvgIpc) is 3.42. The van der Waals surface area contributed by atoms with Crippen molar-refractivity contribution < 1.29 is 17.4 Å². The summed E-state index contributed by atoms with van der Waals surface area (Å²) in [5, 5.41) is 7.72. The molecule has 0 amide bonds. The minimum Gasteiger partial charge on any atom is -0.369 e. The van der Waals surface area contributed by atoms with E-state index >= 15 is 0 Å². The Balaban J connectivity index is 0.000000586. The van der Waals surface area contributed by atoms with Crippen LogP contribution < -0.4 is 5.73 Å². The predicted octanol–water partition coefficient (Wildman–Crippen LogP) is 5.71. The number of rotatable bonds is 5. The molecule has 0 saturated carbocycles. The highest BCUT2D eigenvalue weighted by atomic mass is 32.2. The lowest BCUT2D eigenvalue weighted by Crippen LogP contribution is -1.97. The van der Waals surface area contributed by atoms with Gasteiger partial charge in [-0.1, -0.05) is 56.3 Å². The van der Waals surface area contributed by atoms with Gasteiger partial charge >= 0.3 is 0 Å². The lowest BCUT2D eigenvalue weighted by atomic mass is 9.92. The van der Waals surface area contributed by atoms with E-state index < -0.39 is 10.1 Å². The summed E-state index contributed by atoms with van der Waals surface area (Å²) in [6.45, 7) is 4.35. The van der Waals surface area contributed by atoms with Crippen LogP contribution in [0.2, 0.25) is 0 Å². The number of aromatic nitrogens is 4. The van der Waals surface area contributed by atoms with Crippen LogP contribution in [0.15, 0.2) is 66.7 Å². The van der Waals surface area contributed by atoms with E-state index in [1.165, 1.54) is 6.07 Å². The van der Waals surface area contributed by atoms with Gasteiger partial charge < -0.3 is 10.7 Å². The van der Waals surface area contributed by atoms with Crippen LogP contribution in [0.4, 0.5) is 10.3 Å². The van der Waals surface area contributed by atoms with Crippen molar-refractivity contribution in [1.82, 2.24) is 20.2 Å². The van der Waals surface area contributed by atoms with Gasteiger partial charge in [-0.25, -0.2) is 9.37 Å². The minimum absolute atomic E-state index is 0.300. The summed E-state index contributed by atoms with van der Waals surface area (Å²) in [6.07, 6.45) is 1.56. The summed E-state index contributed by atoms with van der Waals surface area (Å²) in [5.74, 6) is 0.522. The van der Waals surface area contributed by atoms with Crippen molar-refractivity contribution in [1.29, 1.82) is 0 Å². The molecule has 8 nitrogen and oxygen atoms in total. The van der Waals surface area contributed by atoms with Gasteiger partial charge in [0.05, 0.1) is 23.0 Å². The van der Waals surface area contributed by atoms with E-state index in [9.17, 15) is 12.8 Å². The first-order chi connectivity index (χ1) is 17.5. The first-order valence-electron chi connectivity index (χ1n) is 11.6. The normalized spacial score (nSPS) is 11.5. The van der Waals surface area contributed by atoms with Crippen LogP contribution in [0.1, 0.15) is 19.4 Å². The van der Waals surface area contributed by atoms with Crippen LogP contribution in [-0.4, -0.2) is 39.4 Å². The highest BCUT2D eigenvalue weighted by Crippen LogP contribution is 2.40. The number of halogens is 1. The Morgan fingerprint density at radius 1 is 1.03 bits per heavy atom. The Hall–Kier alpha value is -4.02. The van der Waals surface area contributed by atoms with Gasteiger partial charge in [0, 0.05) is 16.7 Å². The molecule has 0 spiro atoms. The van der Waals surface area contributed by atoms with Crippen LogP contribution in [-0.2, 0) is 16.5 Å². The van der Waals surface area contributed by atoms with Crippen molar-refractivity contribution in [3.05, 3.63) is 78.1 Å². The second-order valence-electron chi connectivity index (χ2n) is 9.15. The third kappa shape index (κ3) is 6.22. The molecule has 0 radical (unpaired) electrons. The second-order valence-corrected chi connectivity index (χ2v) is 10.6. The molecule has 5 aromatic rings. The van der Waals surface area contributed by atoms with Gasteiger partial charge in [-0.05, 0) is 47.7 Å². The number of hydrogen-bond donors (Lipinski definition) is 4. The third-order valence-electron chi connectivity index (χ3n) is 5.56. The van der Waals surface area contributed by atoms with Gasteiger partial charge in [-0.15, -0.1) is 0 Å². The lowest BCUT2D eigenvalue weighted by Gasteiger charge is -2.12. The molecule has 10 heteroatoms. The number of nitrogens with one attached hydrogen (secondary N) is 2. The Bertz CT molecular complexity index is 1640. The lowest BCUT2D eigenvalue weighted by molar-refractivity contribution is 0.490. The maximum atomic E-state index is 14.8. The number of H-pyrrole nitrogens is 2. The fourth-order valence-corrected chi connectivity index (χ4v) is 4.23. The van der Waals surface area contributed by atoms with Gasteiger partial charge in [-0.3, -0.25) is 9.65 Å². The van der Waals surface area contributed by atoms with Gasteiger partial charge in [0.1, 0.15) is 11.5 Å². The molecule has 5 rings (SSSR count). The molecular formula is C27H28FN5O3S. The van der Waals surface area contributed by atoms with Crippen molar-refractivity contribution >= 4 is 27.1 Å². The quantitative estimate of drug-likeness (QED) is 0.219.